The molecular formula is C14H15NO2. The summed E-state index contributed by atoms with van der Waals surface area (Å²) in [6, 6.07) is 9.75. The molecule has 2 aromatic rings. The van der Waals surface area contributed by atoms with Crippen LogP contribution in [-0.2, 0) is 4.74 Å². The van der Waals surface area contributed by atoms with Crippen molar-refractivity contribution in [1.29, 1.82) is 0 Å². The van der Waals surface area contributed by atoms with Crippen LogP contribution in [0, 0.1) is 5.92 Å². The Labute approximate surface area is 99.4 Å². The Bertz CT molecular complexity index is 615. The number of fused-ring (bicyclic) bond motifs is 1. The molecule has 1 N–H and O–H groups in total. The number of epoxide rings is 1. The van der Waals surface area contributed by atoms with Crippen LogP contribution >= 0.6 is 0 Å². The molecule has 0 spiro atoms. The maximum Gasteiger partial charge on any atom is 0.254 e. The van der Waals surface area contributed by atoms with Crippen molar-refractivity contribution in [2.45, 2.75) is 26.1 Å². The highest BCUT2D eigenvalue weighted by Gasteiger charge is 2.43. The fraction of sp³-hybridized carbons (Fsp3) is 0.357. The third kappa shape index (κ3) is 1.76. The SMILES string of the molecule is CC(C)C1OC1c1cc2ccccc2[nH]c1=O. The molecule has 3 nitrogen and oxygen atoms in total. The largest absolute Gasteiger partial charge is 0.364 e. The maximum atomic E-state index is 11.9. The molecule has 17 heavy (non-hydrogen) atoms. The van der Waals surface area contributed by atoms with E-state index in [2.05, 4.69) is 18.8 Å². The number of rotatable bonds is 2. The highest BCUT2D eigenvalue weighted by Crippen LogP contribution is 2.41. The van der Waals surface area contributed by atoms with Gasteiger partial charge in [-0.1, -0.05) is 32.0 Å². The van der Waals surface area contributed by atoms with Crippen molar-refractivity contribution in [3.05, 3.63) is 46.2 Å². The molecular weight excluding hydrogens is 214 g/mol. The molecule has 0 radical (unpaired) electrons. The molecule has 1 fully saturated rings. The van der Waals surface area contributed by atoms with Crippen LogP contribution in [0.4, 0.5) is 0 Å². The predicted molar refractivity (Wildman–Crippen MR) is 67.0 cm³/mol. The molecule has 0 aliphatic carbocycles. The summed E-state index contributed by atoms with van der Waals surface area (Å²) < 4.78 is 5.57. The summed E-state index contributed by atoms with van der Waals surface area (Å²) >= 11 is 0. The first-order valence-corrected chi connectivity index (χ1v) is 5.94. The number of nitrogens with one attached hydrogen (secondary N) is 1. The van der Waals surface area contributed by atoms with E-state index in [0.29, 0.717) is 5.92 Å². The monoisotopic (exact) mass is 229 g/mol. The van der Waals surface area contributed by atoms with E-state index in [1.165, 1.54) is 0 Å². The molecule has 0 saturated carbocycles. The number of hydrogen-bond acceptors (Lipinski definition) is 2. The second kappa shape index (κ2) is 3.70. The van der Waals surface area contributed by atoms with Gasteiger partial charge in [-0.2, -0.15) is 0 Å². The molecule has 2 atom stereocenters. The third-order valence-electron chi connectivity index (χ3n) is 3.27. The maximum absolute atomic E-state index is 11.9. The van der Waals surface area contributed by atoms with E-state index in [1.807, 2.05) is 30.3 Å². The second-order valence-electron chi connectivity index (χ2n) is 4.91. The van der Waals surface area contributed by atoms with E-state index < -0.39 is 0 Å². The lowest BCUT2D eigenvalue weighted by Gasteiger charge is -2.01. The molecule has 0 amide bonds. The van der Waals surface area contributed by atoms with Crippen molar-refractivity contribution in [1.82, 2.24) is 4.98 Å². The number of ether oxygens (including phenoxy) is 1. The number of hydrogen-bond donors (Lipinski definition) is 1. The first-order chi connectivity index (χ1) is 8.16. The van der Waals surface area contributed by atoms with Crippen molar-refractivity contribution < 1.29 is 4.74 Å². The summed E-state index contributed by atoms with van der Waals surface area (Å²) in [5.74, 6) is 0.450. The van der Waals surface area contributed by atoms with Gasteiger partial charge in [0.15, 0.2) is 0 Å². The second-order valence-corrected chi connectivity index (χ2v) is 4.91. The Balaban J connectivity index is 2.06. The van der Waals surface area contributed by atoms with E-state index in [0.717, 1.165) is 16.5 Å². The number of benzene rings is 1. The van der Waals surface area contributed by atoms with E-state index >= 15 is 0 Å². The minimum atomic E-state index is -0.0307. The van der Waals surface area contributed by atoms with Gasteiger partial charge in [0, 0.05) is 11.1 Å². The van der Waals surface area contributed by atoms with Crippen LogP contribution in [0.25, 0.3) is 10.9 Å². The van der Waals surface area contributed by atoms with Crippen LogP contribution in [0.5, 0.6) is 0 Å². The molecule has 1 aliphatic rings. The fourth-order valence-electron chi connectivity index (χ4n) is 2.26. The van der Waals surface area contributed by atoms with Gasteiger partial charge in [0.1, 0.15) is 6.10 Å². The van der Waals surface area contributed by atoms with Gasteiger partial charge in [-0.3, -0.25) is 4.79 Å². The van der Waals surface area contributed by atoms with Crippen LogP contribution in [0.2, 0.25) is 0 Å². The molecule has 1 saturated heterocycles. The molecule has 2 heterocycles. The number of aromatic amines is 1. The van der Waals surface area contributed by atoms with Gasteiger partial charge < -0.3 is 9.72 Å². The zero-order chi connectivity index (χ0) is 12.0. The molecule has 3 rings (SSSR count). The minimum absolute atomic E-state index is 0.0247. The summed E-state index contributed by atoms with van der Waals surface area (Å²) in [5, 5.41) is 1.06. The van der Waals surface area contributed by atoms with E-state index in [-0.39, 0.29) is 17.8 Å². The minimum Gasteiger partial charge on any atom is -0.364 e. The number of para-hydroxylation sites is 1. The highest BCUT2D eigenvalue weighted by atomic mass is 16.6. The van der Waals surface area contributed by atoms with Gasteiger partial charge in [-0.05, 0) is 23.4 Å². The lowest BCUT2D eigenvalue weighted by Crippen LogP contribution is -2.13. The molecule has 3 heteroatoms. The summed E-state index contributed by atoms with van der Waals surface area (Å²) in [7, 11) is 0. The summed E-state index contributed by atoms with van der Waals surface area (Å²) in [6.07, 6.45) is 0.167. The standard InChI is InChI=1S/C14H15NO2/c1-8(2)12-13(17-12)10-7-9-5-3-4-6-11(9)15-14(10)16/h3-8,12-13H,1-2H3,(H,15,16). The van der Waals surface area contributed by atoms with Gasteiger partial charge in [-0.15, -0.1) is 0 Å². The summed E-state index contributed by atoms with van der Waals surface area (Å²) in [5.41, 5.74) is 1.60. The normalized spacial score (nSPS) is 23.2. The average Bonchev–Trinajstić information content (AvgIpc) is 3.08. The fourth-order valence-corrected chi connectivity index (χ4v) is 2.26. The zero-order valence-electron chi connectivity index (χ0n) is 9.94. The Morgan fingerprint density at radius 3 is 2.76 bits per heavy atom. The highest BCUT2D eigenvalue weighted by molar-refractivity contribution is 5.78. The predicted octanol–water partition coefficient (Wildman–Crippen LogP) is 2.62. The van der Waals surface area contributed by atoms with Gasteiger partial charge in [0.25, 0.3) is 5.56 Å². The summed E-state index contributed by atoms with van der Waals surface area (Å²) in [6.45, 7) is 4.22. The first-order valence-electron chi connectivity index (χ1n) is 5.94. The number of pyridine rings is 1. The lowest BCUT2D eigenvalue weighted by molar-refractivity contribution is 0.336. The van der Waals surface area contributed by atoms with Crippen LogP contribution in [0.1, 0.15) is 25.5 Å². The third-order valence-corrected chi connectivity index (χ3v) is 3.27. The molecule has 0 bridgehead atoms. The quantitative estimate of drug-likeness (QED) is 0.804. The molecule has 1 aromatic carbocycles. The molecule has 2 unspecified atom stereocenters. The van der Waals surface area contributed by atoms with Crippen molar-refractivity contribution >= 4 is 10.9 Å². The number of aromatic nitrogens is 1. The Morgan fingerprint density at radius 2 is 2.06 bits per heavy atom. The van der Waals surface area contributed by atoms with Crippen LogP contribution in [0.15, 0.2) is 35.1 Å². The van der Waals surface area contributed by atoms with Crippen LogP contribution in [0.3, 0.4) is 0 Å². The Hall–Kier alpha value is -1.61. The molecule has 1 aromatic heterocycles. The van der Waals surface area contributed by atoms with Gasteiger partial charge >= 0.3 is 0 Å². The lowest BCUT2D eigenvalue weighted by atomic mass is 10.0. The Morgan fingerprint density at radius 1 is 1.29 bits per heavy atom. The van der Waals surface area contributed by atoms with E-state index in [9.17, 15) is 4.79 Å². The van der Waals surface area contributed by atoms with Gasteiger partial charge in [-0.25, -0.2) is 0 Å². The van der Waals surface area contributed by atoms with Crippen molar-refractivity contribution in [3.63, 3.8) is 0 Å². The Kier molecular flexibility index (Phi) is 2.30. The smallest absolute Gasteiger partial charge is 0.254 e. The first kappa shape index (κ1) is 10.5. The van der Waals surface area contributed by atoms with E-state index in [4.69, 9.17) is 4.74 Å². The molecule has 1 aliphatic heterocycles. The van der Waals surface area contributed by atoms with Crippen molar-refractivity contribution in [2.75, 3.05) is 0 Å². The van der Waals surface area contributed by atoms with Crippen LogP contribution < -0.4 is 5.56 Å². The zero-order valence-corrected chi connectivity index (χ0v) is 9.94. The molecule has 88 valence electrons. The van der Waals surface area contributed by atoms with Crippen molar-refractivity contribution in [3.8, 4) is 0 Å². The number of H-pyrrole nitrogens is 1. The van der Waals surface area contributed by atoms with Crippen LogP contribution in [-0.4, -0.2) is 11.1 Å². The average molecular weight is 229 g/mol. The van der Waals surface area contributed by atoms with Crippen molar-refractivity contribution in [2.24, 2.45) is 5.92 Å². The topological polar surface area (TPSA) is 45.4 Å². The van der Waals surface area contributed by atoms with Gasteiger partial charge in [0.2, 0.25) is 0 Å². The summed E-state index contributed by atoms with van der Waals surface area (Å²) in [4.78, 5) is 14.9. The van der Waals surface area contributed by atoms with Gasteiger partial charge in [0.05, 0.1) is 6.10 Å². The van der Waals surface area contributed by atoms with E-state index in [1.54, 1.807) is 0 Å².